The zero-order chi connectivity index (χ0) is 10.7. The van der Waals surface area contributed by atoms with Gasteiger partial charge in [-0.05, 0) is 31.3 Å². The van der Waals surface area contributed by atoms with E-state index in [0.717, 1.165) is 37.8 Å². The molecule has 80 valence electrons. The third kappa shape index (κ3) is 2.01. The molecule has 0 fully saturated rings. The number of aryl methyl sites for hydroxylation is 1. The van der Waals surface area contributed by atoms with E-state index in [2.05, 4.69) is 11.9 Å². The number of rotatable bonds is 4. The van der Waals surface area contributed by atoms with Crippen LogP contribution in [0.3, 0.4) is 0 Å². The number of Topliss-reactive ketones (excluding diaryl/α,β-unsaturated/α-hetero) is 1. The Morgan fingerprint density at radius 3 is 3.13 bits per heavy atom. The smallest absolute Gasteiger partial charge is 0.224 e. The zero-order valence-corrected chi connectivity index (χ0v) is 9.07. The molecular formula is C12H16N2O. The summed E-state index contributed by atoms with van der Waals surface area (Å²) in [5, 5.41) is 0. The molecule has 0 spiro atoms. The second-order valence-electron chi connectivity index (χ2n) is 3.89. The topological polar surface area (TPSA) is 34.9 Å². The van der Waals surface area contributed by atoms with E-state index in [1.807, 2.05) is 16.8 Å². The van der Waals surface area contributed by atoms with E-state index in [1.165, 1.54) is 0 Å². The van der Waals surface area contributed by atoms with Crippen LogP contribution in [0.2, 0.25) is 0 Å². The van der Waals surface area contributed by atoms with Gasteiger partial charge in [0.15, 0.2) is 5.82 Å². The van der Waals surface area contributed by atoms with Gasteiger partial charge in [0, 0.05) is 18.9 Å². The molecule has 2 rings (SSSR count). The lowest BCUT2D eigenvalue weighted by Gasteiger charge is -2.05. The van der Waals surface area contributed by atoms with Crippen molar-refractivity contribution in [2.75, 3.05) is 0 Å². The third-order valence-corrected chi connectivity index (χ3v) is 2.72. The molecule has 0 saturated heterocycles. The molecule has 1 aliphatic rings. The summed E-state index contributed by atoms with van der Waals surface area (Å²) in [4.78, 5) is 16.2. The van der Waals surface area contributed by atoms with Crippen molar-refractivity contribution in [1.29, 1.82) is 0 Å². The summed E-state index contributed by atoms with van der Waals surface area (Å²) in [7, 11) is 0. The number of imidazole rings is 1. The Kier molecular flexibility index (Phi) is 2.99. The summed E-state index contributed by atoms with van der Waals surface area (Å²) < 4.78 is 1.95. The lowest BCUT2D eigenvalue weighted by Crippen LogP contribution is -2.11. The van der Waals surface area contributed by atoms with E-state index < -0.39 is 0 Å². The van der Waals surface area contributed by atoms with Gasteiger partial charge in [0.2, 0.25) is 5.78 Å². The predicted molar refractivity (Wildman–Crippen MR) is 58.8 cm³/mol. The average molecular weight is 204 g/mol. The van der Waals surface area contributed by atoms with E-state index in [-0.39, 0.29) is 5.78 Å². The second-order valence-corrected chi connectivity index (χ2v) is 3.89. The maximum atomic E-state index is 12.1. The number of carbonyl (C=O) groups is 1. The van der Waals surface area contributed by atoms with Crippen molar-refractivity contribution in [2.45, 2.75) is 39.2 Å². The van der Waals surface area contributed by atoms with Gasteiger partial charge in [-0.2, -0.15) is 0 Å². The highest BCUT2D eigenvalue weighted by molar-refractivity contribution is 6.06. The van der Waals surface area contributed by atoms with Crippen molar-refractivity contribution in [2.24, 2.45) is 0 Å². The van der Waals surface area contributed by atoms with Crippen LogP contribution < -0.4 is 0 Å². The van der Waals surface area contributed by atoms with E-state index in [0.29, 0.717) is 5.82 Å². The fourth-order valence-electron chi connectivity index (χ4n) is 1.96. The first-order valence-corrected chi connectivity index (χ1v) is 5.57. The molecule has 0 aliphatic heterocycles. The largest absolute Gasteiger partial charge is 0.328 e. The number of aromatic nitrogens is 2. The summed E-state index contributed by atoms with van der Waals surface area (Å²) in [6.07, 6.45) is 9.72. The average Bonchev–Trinajstić information content (AvgIpc) is 2.87. The minimum atomic E-state index is 0.117. The summed E-state index contributed by atoms with van der Waals surface area (Å²) in [6.45, 7) is 2.97. The Morgan fingerprint density at radius 2 is 2.47 bits per heavy atom. The van der Waals surface area contributed by atoms with Gasteiger partial charge in [-0.15, -0.1) is 0 Å². The Bertz CT molecular complexity index is 390. The monoisotopic (exact) mass is 204 g/mol. The predicted octanol–water partition coefficient (Wildman–Crippen LogP) is 2.59. The Labute approximate surface area is 89.8 Å². The minimum absolute atomic E-state index is 0.117. The van der Waals surface area contributed by atoms with E-state index >= 15 is 0 Å². The van der Waals surface area contributed by atoms with Crippen LogP contribution in [0.4, 0.5) is 0 Å². The van der Waals surface area contributed by atoms with Crippen LogP contribution in [0.25, 0.3) is 0 Å². The summed E-state index contributed by atoms with van der Waals surface area (Å²) in [5.41, 5.74) is 0.943. The van der Waals surface area contributed by atoms with Gasteiger partial charge in [-0.1, -0.05) is 13.0 Å². The molecule has 0 N–H and O–H groups in total. The van der Waals surface area contributed by atoms with Crippen LogP contribution in [0.15, 0.2) is 24.0 Å². The summed E-state index contributed by atoms with van der Waals surface area (Å²) in [6, 6.07) is 0. The molecule has 0 unspecified atom stereocenters. The number of hydrogen-bond donors (Lipinski definition) is 0. The molecule has 0 bridgehead atoms. The molecule has 0 saturated carbocycles. The van der Waals surface area contributed by atoms with E-state index in [9.17, 15) is 4.79 Å². The quantitative estimate of drug-likeness (QED) is 0.706. The number of hydrogen-bond acceptors (Lipinski definition) is 2. The molecule has 3 heteroatoms. The van der Waals surface area contributed by atoms with Crippen molar-refractivity contribution in [3.8, 4) is 0 Å². The molecule has 0 atom stereocenters. The normalized spacial score (nSPS) is 15.4. The van der Waals surface area contributed by atoms with Gasteiger partial charge in [0.25, 0.3) is 0 Å². The van der Waals surface area contributed by atoms with E-state index in [4.69, 9.17) is 0 Å². The first kappa shape index (κ1) is 10.1. The maximum absolute atomic E-state index is 12.1. The molecule has 1 heterocycles. The lowest BCUT2D eigenvalue weighted by molar-refractivity contribution is 0.101. The lowest BCUT2D eigenvalue weighted by atomic mass is 10.1. The van der Waals surface area contributed by atoms with Gasteiger partial charge in [0.05, 0.1) is 0 Å². The fourth-order valence-corrected chi connectivity index (χ4v) is 1.96. The van der Waals surface area contributed by atoms with Gasteiger partial charge in [-0.25, -0.2) is 4.98 Å². The van der Waals surface area contributed by atoms with Gasteiger partial charge in [0.1, 0.15) is 0 Å². The number of ketones is 1. The van der Waals surface area contributed by atoms with Crippen LogP contribution in [0.1, 0.15) is 43.2 Å². The Hall–Kier alpha value is -1.38. The molecule has 1 aromatic rings. The molecule has 3 nitrogen and oxygen atoms in total. The SMILES string of the molecule is CCCn1ccnc1C(=O)C1=CCCC1. The zero-order valence-electron chi connectivity index (χ0n) is 9.07. The standard InChI is InChI=1S/C12H16N2O/c1-2-8-14-9-7-13-12(14)11(15)10-5-3-4-6-10/h5,7,9H,2-4,6,8H2,1H3. The fraction of sp³-hybridized carbons (Fsp3) is 0.500. The van der Waals surface area contributed by atoms with Crippen LogP contribution in [-0.4, -0.2) is 15.3 Å². The van der Waals surface area contributed by atoms with Crippen LogP contribution >= 0.6 is 0 Å². The van der Waals surface area contributed by atoms with Crippen molar-refractivity contribution in [3.63, 3.8) is 0 Å². The second kappa shape index (κ2) is 4.43. The van der Waals surface area contributed by atoms with Crippen LogP contribution in [0.5, 0.6) is 0 Å². The summed E-state index contributed by atoms with van der Waals surface area (Å²) in [5.74, 6) is 0.718. The molecule has 0 amide bonds. The number of allylic oxidation sites excluding steroid dienone is 2. The van der Waals surface area contributed by atoms with Crippen LogP contribution in [-0.2, 0) is 6.54 Å². The molecule has 0 aromatic carbocycles. The Balaban J connectivity index is 2.21. The third-order valence-electron chi connectivity index (χ3n) is 2.72. The highest BCUT2D eigenvalue weighted by Crippen LogP contribution is 2.21. The molecular weight excluding hydrogens is 188 g/mol. The van der Waals surface area contributed by atoms with Gasteiger partial charge >= 0.3 is 0 Å². The number of nitrogens with zero attached hydrogens (tertiary/aromatic N) is 2. The van der Waals surface area contributed by atoms with Crippen molar-refractivity contribution < 1.29 is 4.79 Å². The molecule has 15 heavy (non-hydrogen) atoms. The Morgan fingerprint density at radius 1 is 1.60 bits per heavy atom. The molecule has 1 aliphatic carbocycles. The molecule has 0 radical (unpaired) electrons. The maximum Gasteiger partial charge on any atom is 0.224 e. The highest BCUT2D eigenvalue weighted by Gasteiger charge is 2.19. The molecule has 1 aromatic heterocycles. The first-order chi connectivity index (χ1) is 7.33. The minimum Gasteiger partial charge on any atom is -0.328 e. The van der Waals surface area contributed by atoms with Crippen molar-refractivity contribution >= 4 is 5.78 Å². The number of carbonyl (C=O) groups excluding carboxylic acids is 1. The van der Waals surface area contributed by atoms with Crippen molar-refractivity contribution in [1.82, 2.24) is 9.55 Å². The van der Waals surface area contributed by atoms with E-state index in [1.54, 1.807) is 6.20 Å². The van der Waals surface area contributed by atoms with Crippen molar-refractivity contribution in [3.05, 3.63) is 29.9 Å². The highest BCUT2D eigenvalue weighted by atomic mass is 16.1. The van der Waals surface area contributed by atoms with Gasteiger partial charge in [-0.3, -0.25) is 4.79 Å². The summed E-state index contributed by atoms with van der Waals surface area (Å²) >= 11 is 0. The van der Waals surface area contributed by atoms with Gasteiger partial charge < -0.3 is 4.57 Å². The first-order valence-electron chi connectivity index (χ1n) is 5.57. The van der Waals surface area contributed by atoms with Crippen LogP contribution in [0, 0.1) is 0 Å².